The van der Waals surface area contributed by atoms with E-state index in [0.717, 1.165) is 102 Å². The van der Waals surface area contributed by atoms with Crippen molar-refractivity contribution in [2.24, 2.45) is 11.8 Å². The van der Waals surface area contributed by atoms with Crippen molar-refractivity contribution in [1.29, 1.82) is 0 Å². The highest BCUT2D eigenvalue weighted by Gasteiger charge is 2.30. The lowest BCUT2D eigenvalue weighted by Crippen LogP contribution is -2.30. The second-order valence-corrected chi connectivity index (χ2v) is 31.3. The smallest absolute Gasteiger partial charge is 0.462 e. The molecule has 2 unspecified atom stereocenters. The summed E-state index contributed by atoms with van der Waals surface area (Å²) in [7, 11) is -9.91. The molecule has 0 fully saturated rings. The Balaban J connectivity index is 5.24. The van der Waals surface area contributed by atoms with Gasteiger partial charge in [0, 0.05) is 25.7 Å². The second-order valence-electron chi connectivity index (χ2n) is 28.3. The second kappa shape index (κ2) is 67.9. The van der Waals surface area contributed by atoms with Crippen molar-refractivity contribution in [3.05, 3.63) is 0 Å². The summed E-state index contributed by atoms with van der Waals surface area (Å²) in [5, 5.41) is 10.6. The first kappa shape index (κ1) is 93.1. The zero-order valence-corrected chi connectivity index (χ0v) is 63.8. The minimum atomic E-state index is -4.96. The van der Waals surface area contributed by atoms with E-state index in [2.05, 4.69) is 41.5 Å². The van der Waals surface area contributed by atoms with E-state index >= 15 is 0 Å². The Morgan fingerprint density at radius 3 is 0.716 bits per heavy atom. The summed E-state index contributed by atoms with van der Waals surface area (Å²) >= 11 is 0. The van der Waals surface area contributed by atoms with Gasteiger partial charge in [-0.3, -0.25) is 37.3 Å². The van der Waals surface area contributed by atoms with Crippen LogP contribution in [0.5, 0.6) is 0 Å². The number of esters is 4. The van der Waals surface area contributed by atoms with Gasteiger partial charge < -0.3 is 33.8 Å². The molecule has 0 aliphatic carbocycles. The van der Waals surface area contributed by atoms with Gasteiger partial charge in [0.15, 0.2) is 12.2 Å². The third-order valence-corrected chi connectivity index (χ3v) is 19.6. The molecule has 95 heavy (non-hydrogen) atoms. The molecule has 0 spiro atoms. The molecule has 0 aromatic rings. The van der Waals surface area contributed by atoms with Crippen LogP contribution in [-0.4, -0.2) is 96.7 Å². The molecule has 0 aromatic carbocycles. The third kappa shape index (κ3) is 70.3. The van der Waals surface area contributed by atoms with E-state index in [1.54, 1.807) is 0 Å². The first-order valence-electron chi connectivity index (χ1n) is 39.5. The molecule has 0 saturated carbocycles. The standard InChI is InChI=1S/C76H148O17P2/c1-7-9-11-13-15-17-19-29-36-42-48-54-60-75(80)92-71(64-86-73(78)58-52-46-40-34-26-18-16-14-12-10-8-2)66-90-94(82,83)88-62-70(77)63-89-95(84,85)91-67-72(65-87-74(79)59-53-47-41-35-31-25-28-33-39-45-51-57-69(5)6)93-76(81)61-55-49-43-37-30-24-22-20-21-23-27-32-38-44-50-56-68(3)4/h68-72,77H,7-67H2,1-6H3,(H,82,83)(H,84,85)/t70-,71+,72+/m0/s1. The number of aliphatic hydroxyl groups excluding tert-OH is 1. The van der Waals surface area contributed by atoms with E-state index in [-0.39, 0.29) is 25.7 Å². The first-order valence-corrected chi connectivity index (χ1v) is 42.5. The molecule has 0 aliphatic heterocycles. The molecular formula is C76H148O17P2. The highest BCUT2D eigenvalue weighted by molar-refractivity contribution is 7.47. The molecule has 0 radical (unpaired) electrons. The number of unbranched alkanes of at least 4 members (excludes halogenated alkanes) is 45. The molecule has 0 aromatic heterocycles. The molecule has 0 amide bonds. The van der Waals surface area contributed by atoms with Crippen molar-refractivity contribution < 1.29 is 80.2 Å². The highest BCUT2D eigenvalue weighted by Crippen LogP contribution is 2.45. The van der Waals surface area contributed by atoms with E-state index in [4.69, 9.17) is 37.0 Å². The fourth-order valence-corrected chi connectivity index (χ4v) is 13.2. The van der Waals surface area contributed by atoms with Gasteiger partial charge in [-0.1, -0.05) is 343 Å². The number of aliphatic hydroxyl groups is 1. The van der Waals surface area contributed by atoms with Gasteiger partial charge in [-0.25, -0.2) is 9.13 Å². The van der Waals surface area contributed by atoms with Crippen LogP contribution in [0.2, 0.25) is 0 Å². The fraction of sp³-hybridized carbons (Fsp3) is 0.947. The Kier molecular flexibility index (Phi) is 66.5. The monoisotopic (exact) mass is 1400 g/mol. The van der Waals surface area contributed by atoms with Crippen LogP contribution < -0.4 is 0 Å². The van der Waals surface area contributed by atoms with E-state index < -0.39 is 97.5 Å². The summed E-state index contributed by atoms with van der Waals surface area (Å²) in [6.45, 7) is 9.63. The van der Waals surface area contributed by atoms with Crippen LogP contribution in [0.3, 0.4) is 0 Å². The maximum atomic E-state index is 13.1. The van der Waals surface area contributed by atoms with E-state index in [1.807, 2.05) is 0 Å². The maximum absolute atomic E-state index is 13.1. The minimum Gasteiger partial charge on any atom is -0.462 e. The summed E-state index contributed by atoms with van der Waals surface area (Å²) < 4.78 is 68.5. The summed E-state index contributed by atoms with van der Waals surface area (Å²) in [6.07, 6.45) is 55.3. The van der Waals surface area contributed by atoms with Gasteiger partial charge in [0.1, 0.15) is 19.3 Å². The molecule has 0 bridgehead atoms. The number of ether oxygens (including phenoxy) is 4. The maximum Gasteiger partial charge on any atom is 0.472 e. The number of rotatable bonds is 75. The zero-order chi connectivity index (χ0) is 70.0. The molecule has 0 heterocycles. The quantitative estimate of drug-likeness (QED) is 0.0222. The van der Waals surface area contributed by atoms with Crippen LogP contribution in [0.4, 0.5) is 0 Å². The Labute approximate surface area is 581 Å². The molecule has 17 nitrogen and oxygen atoms in total. The Hall–Kier alpha value is -1.94. The molecule has 0 aliphatic rings. The lowest BCUT2D eigenvalue weighted by molar-refractivity contribution is -0.161. The van der Waals surface area contributed by atoms with Gasteiger partial charge in [-0.15, -0.1) is 0 Å². The largest absolute Gasteiger partial charge is 0.472 e. The van der Waals surface area contributed by atoms with Crippen molar-refractivity contribution in [3.63, 3.8) is 0 Å². The van der Waals surface area contributed by atoms with Gasteiger partial charge in [0.2, 0.25) is 0 Å². The van der Waals surface area contributed by atoms with E-state index in [9.17, 15) is 43.2 Å². The molecule has 5 atom stereocenters. The molecule has 564 valence electrons. The highest BCUT2D eigenvalue weighted by atomic mass is 31.2. The predicted octanol–water partition coefficient (Wildman–Crippen LogP) is 22.3. The van der Waals surface area contributed by atoms with Gasteiger partial charge in [0.05, 0.1) is 26.4 Å². The molecule has 0 saturated heterocycles. The fourth-order valence-electron chi connectivity index (χ4n) is 11.7. The van der Waals surface area contributed by atoms with Gasteiger partial charge in [-0.2, -0.15) is 0 Å². The van der Waals surface area contributed by atoms with Crippen LogP contribution >= 0.6 is 15.6 Å². The predicted molar refractivity (Wildman–Crippen MR) is 386 cm³/mol. The van der Waals surface area contributed by atoms with Crippen LogP contribution in [0, 0.1) is 11.8 Å². The van der Waals surface area contributed by atoms with Crippen molar-refractivity contribution >= 4 is 39.5 Å². The molecule has 0 rings (SSSR count). The van der Waals surface area contributed by atoms with Gasteiger partial charge in [0.25, 0.3) is 0 Å². The van der Waals surface area contributed by atoms with Crippen LogP contribution in [0.1, 0.15) is 395 Å². The number of carbonyl (C=O) groups is 4. The van der Waals surface area contributed by atoms with E-state index in [1.165, 1.54) is 212 Å². The summed E-state index contributed by atoms with van der Waals surface area (Å²) in [5.41, 5.74) is 0. The van der Waals surface area contributed by atoms with Gasteiger partial charge >= 0.3 is 39.5 Å². The summed E-state index contributed by atoms with van der Waals surface area (Å²) in [6, 6.07) is 0. The van der Waals surface area contributed by atoms with Crippen LogP contribution in [0.15, 0.2) is 0 Å². The van der Waals surface area contributed by atoms with Crippen molar-refractivity contribution in [3.8, 4) is 0 Å². The Morgan fingerprint density at radius 2 is 0.484 bits per heavy atom. The van der Waals surface area contributed by atoms with Crippen LogP contribution in [-0.2, 0) is 65.4 Å². The third-order valence-electron chi connectivity index (χ3n) is 17.7. The Bertz CT molecular complexity index is 1840. The first-order chi connectivity index (χ1) is 45.9. The summed E-state index contributed by atoms with van der Waals surface area (Å²) in [5.74, 6) is -0.540. The number of hydrogen-bond donors (Lipinski definition) is 3. The number of phosphoric ester groups is 2. The normalized spacial score (nSPS) is 14.0. The topological polar surface area (TPSA) is 237 Å². The lowest BCUT2D eigenvalue weighted by atomic mass is 10.0. The van der Waals surface area contributed by atoms with Gasteiger partial charge in [-0.05, 0) is 37.5 Å². The van der Waals surface area contributed by atoms with Crippen molar-refractivity contribution in [1.82, 2.24) is 0 Å². The van der Waals surface area contributed by atoms with Crippen LogP contribution in [0.25, 0.3) is 0 Å². The lowest BCUT2D eigenvalue weighted by Gasteiger charge is -2.21. The van der Waals surface area contributed by atoms with Crippen molar-refractivity contribution in [2.45, 2.75) is 413 Å². The molecule has 3 N–H and O–H groups in total. The SMILES string of the molecule is CCCCCCCCCCCCCCC(=O)O[C@H](COC(=O)CCCCCCCCCCCCC)COP(=O)(O)OC[C@H](O)COP(=O)(O)OC[C@@H](COC(=O)CCCCCCCCCCCCCC(C)C)OC(=O)CCCCCCCCCCCCCCCCCC(C)C. The summed E-state index contributed by atoms with van der Waals surface area (Å²) in [4.78, 5) is 72.8. The number of hydrogen-bond acceptors (Lipinski definition) is 15. The Morgan fingerprint density at radius 1 is 0.284 bits per heavy atom. The molecular weight excluding hydrogens is 1250 g/mol. The van der Waals surface area contributed by atoms with Crippen molar-refractivity contribution in [2.75, 3.05) is 39.6 Å². The number of carbonyl (C=O) groups excluding carboxylic acids is 4. The average molecular weight is 1400 g/mol. The van der Waals surface area contributed by atoms with E-state index in [0.29, 0.717) is 25.7 Å². The molecule has 19 heteroatoms. The number of phosphoric acid groups is 2. The average Bonchev–Trinajstić information content (AvgIpc) is 1.45. The minimum absolute atomic E-state index is 0.108. The zero-order valence-electron chi connectivity index (χ0n) is 62.0.